The first-order chi connectivity index (χ1) is 12.1. The Morgan fingerprint density at radius 3 is 2.52 bits per heavy atom. The van der Waals surface area contributed by atoms with E-state index in [1.54, 1.807) is 26.6 Å². The molecule has 1 aromatic heterocycles. The zero-order valence-corrected chi connectivity index (χ0v) is 15.3. The minimum atomic E-state index is 0.260. The fourth-order valence-corrected chi connectivity index (χ4v) is 3.43. The smallest absolute Gasteiger partial charge is 0.161 e. The van der Waals surface area contributed by atoms with Crippen LogP contribution in [0.25, 0.3) is 0 Å². The van der Waals surface area contributed by atoms with Gasteiger partial charge in [-0.1, -0.05) is 6.07 Å². The van der Waals surface area contributed by atoms with E-state index in [-0.39, 0.29) is 6.04 Å². The third-order valence-corrected chi connectivity index (χ3v) is 4.75. The molecule has 0 spiro atoms. The van der Waals surface area contributed by atoms with Gasteiger partial charge in [0.05, 0.1) is 26.5 Å². The quantitative estimate of drug-likeness (QED) is 0.833. The first-order valence-corrected chi connectivity index (χ1v) is 8.62. The molecular formula is C19H26N4O2. The molecule has 6 heteroatoms. The van der Waals surface area contributed by atoms with Crippen LogP contribution < -0.4 is 14.4 Å². The SMILES string of the molecule is COc1ccc(C2CN(c3cnccn3)CCN2C(C)C)cc1OC. The van der Waals surface area contributed by atoms with Crippen LogP contribution in [0.2, 0.25) is 0 Å². The molecular weight excluding hydrogens is 316 g/mol. The van der Waals surface area contributed by atoms with E-state index in [9.17, 15) is 0 Å². The largest absolute Gasteiger partial charge is 0.493 e. The Labute approximate surface area is 149 Å². The maximum atomic E-state index is 5.50. The van der Waals surface area contributed by atoms with Gasteiger partial charge in [-0.2, -0.15) is 0 Å². The van der Waals surface area contributed by atoms with Crippen LogP contribution in [-0.2, 0) is 0 Å². The van der Waals surface area contributed by atoms with Gasteiger partial charge in [-0.05, 0) is 31.5 Å². The molecule has 1 saturated heterocycles. The molecule has 134 valence electrons. The van der Waals surface area contributed by atoms with Crippen molar-refractivity contribution in [2.45, 2.75) is 25.9 Å². The van der Waals surface area contributed by atoms with E-state index in [0.717, 1.165) is 37.0 Å². The molecule has 1 aromatic carbocycles. The average Bonchev–Trinajstić information content (AvgIpc) is 2.67. The van der Waals surface area contributed by atoms with Gasteiger partial charge < -0.3 is 14.4 Å². The van der Waals surface area contributed by atoms with Gasteiger partial charge in [-0.15, -0.1) is 0 Å². The van der Waals surface area contributed by atoms with Gasteiger partial charge in [-0.3, -0.25) is 9.88 Å². The molecule has 0 saturated carbocycles. The molecule has 0 N–H and O–H groups in total. The predicted octanol–water partition coefficient (Wildman–Crippen LogP) is 2.77. The highest BCUT2D eigenvalue weighted by atomic mass is 16.5. The summed E-state index contributed by atoms with van der Waals surface area (Å²) in [4.78, 5) is 13.5. The molecule has 1 unspecified atom stereocenters. The van der Waals surface area contributed by atoms with Crippen molar-refractivity contribution in [2.75, 3.05) is 38.8 Å². The number of piperazine rings is 1. The lowest BCUT2D eigenvalue weighted by atomic mass is 10.00. The van der Waals surface area contributed by atoms with Crippen molar-refractivity contribution in [2.24, 2.45) is 0 Å². The van der Waals surface area contributed by atoms with Crippen molar-refractivity contribution in [3.05, 3.63) is 42.4 Å². The Kier molecular flexibility index (Phi) is 5.38. The molecule has 2 heterocycles. The monoisotopic (exact) mass is 342 g/mol. The highest BCUT2D eigenvalue weighted by Crippen LogP contribution is 2.35. The molecule has 0 amide bonds. The molecule has 1 aliphatic heterocycles. The molecule has 0 radical (unpaired) electrons. The lowest BCUT2D eigenvalue weighted by molar-refractivity contribution is 0.136. The highest BCUT2D eigenvalue weighted by molar-refractivity contribution is 5.45. The standard InChI is InChI=1S/C19H26N4O2/c1-14(2)23-10-9-22(19-12-20-7-8-21-19)13-16(23)15-5-6-17(24-3)18(11-15)25-4/h5-8,11-12,14,16H,9-10,13H2,1-4H3. The van der Waals surface area contributed by atoms with Crippen molar-refractivity contribution < 1.29 is 9.47 Å². The predicted molar refractivity (Wildman–Crippen MR) is 98.4 cm³/mol. The van der Waals surface area contributed by atoms with Gasteiger partial charge in [0.15, 0.2) is 11.5 Å². The lowest BCUT2D eigenvalue weighted by Gasteiger charge is -2.44. The maximum absolute atomic E-state index is 5.50. The summed E-state index contributed by atoms with van der Waals surface area (Å²) in [5.74, 6) is 2.45. The number of methoxy groups -OCH3 is 2. The Hall–Kier alpha value is -2.34. The van der Waals surface area contributed by atoms with Gasteiger partial charge in [0.2, 0.25) is 0 Å². The van der Waals surface area contributed by atoms with Crippen LogP contribution in [0.5, 0.6) is 11.5 Å². The van der Waals surface area contributed by atoms with Gasteiger partial charge in [0.1, 0.15) is 5.82 Å². The Bertz CT molecular complexity index is 693. The summed E-state index contributed by atoms with van der Waals surface area (Å²) in [6.45, 7) is 7.28. The number of nitrogens with zero attached hydrogens (tertiary/aromatic N) is 4. The molecule has 1 atom stereocenters. The highest BCUT2D eigenvalue weighted by Gasteiger charge is 2.31. The first kappa shape index (κ1) is 17.5. The van der Waals surface area contributed by atoms with E-state index in [2.05, 4.69) is 45.7 Å². The topological polar surface area (TPSA) is 50.7 Å². The van der Waals surface area contributed by atoms with Crippen LogP contribution in [0.4, 0.5) is 5.82 Å². The van der Waals surface area contributed by atoms with Gasteiger partial charge in [0, 0.05) is 38.1 Å². The van der Waals surface area contributed by atoms with Crippen LogP contribution in [0, 0.1) is 0 Å². The minimum Gasteiger partial charge on any atom is -0.493 e. The maximum Gasteiger partial charge on any atom is 0.161 e. The summed E-state index contributed by atoms with van der Waals surface area (Å²) < 4.78 is 10.9. The van der Waals surface area contributed by atoms with E-state index in [0.29, 0.717) is 6.04 Å². The van der Waals surface area contributed by atoms with Crippen LogP contribution in [0.1, 0.15) is 25.5 Å². The minimum absolute atomic E-state index is 0.260. The van der Waals surface area contributed by atoms with E-state index in [1.165, 1.54) is 5.56 Å². The molecule has 1 aliphatic rings. The molecule has 1 fully saturated rings. The molecule has 25 heavy (non-hydrogen) atoms. The van der Waals surface area contributed by atoms with Gasteiger partial charge in [-0.25, -0.2) is 4.98 Å². The summed E-state index contributed by atoms with van der Waals surface area (Å²) in [5, 5.41) is 0. The normalized spacial score (nSPS) is 18.4. The van der Waals surface area contributed by atoms with Crippen molar-refractivity contribution in [3.63, 3.8) is 0 Å². The van der Waals surface area contributed by atoms with Crippen molar-refractivity contribution >= 4 is 5.82 Å². The van der Waals surface area contributed by atoms with E-state index >= 15 is 0 Å². The summed E-state index contributed by atoms with van der Waals surface area (Å²) in [6.07, 6.45) is 5.28. The van der Waals surface area contributed by atoms with Crippen molar-refractivity contribution in [1.82, 2.24) is 14.9 Å². The third kappa shape index (κ3) is 3.69. The average molecular weight is 342 g/mol. The van der Waals surface area contributed by atoms with Gasteiger partial charge >= 0.3 is 0 Å². The Morgan fingerprint density at radius 1 is 1.08 bits per heavy atom. The van der Waals surface area contributed by atoms with E-state index < -0.39 is 0 Å². The lowest BCUT2D eigenvalue weighted by Crippen LogP contribution is -2.51. The van der Waals surface area contributed by atoms with E-state index in [4.69, 9.17) is 9.47 Å². The first-order valence-electron chi connectivity index (χ1n) is 8.62. The van der Waals surface area contributed by atoms with Gasteiger partial charge in [0.25, 0.3) is 0 Å². The number of benzene rings is 1. The fourth-order valence-electron chi connectivity index (χ4n) is 3.43. The Balaban J connectivity index is 1.91. The summed E-state index contributed by atoms with van der Waals surface area (Å²) in [6, 6.07) is 6.91. The van der Waals surface area contributed by atoms with Crippen LogP contribution in [0.3, 0.4) is 0 Å². The second-order valence-electron chi connectivity index (χ2n) is 6.47. The molecule has 6 nitrogen and oxygen atoms in total. The zero-order valence-electron chi connectivity index (χ0n) is 15.3. The second-order valence-corrected chi connectivity index (χ2v) is 6.47. The fraction of sp³-hybridized carbons (Fsp3) is 0.474. The number of aromatic nitrogens is 2. The number of rotatable bonds is 5. The molecule has 0 bridgehead atoms. The van der Waals surface area contributed by atoms with E-state index in [1.807, 2.05) is 12.3 Å². The zero-order chi connectivity index (χ0) is 17.8. The number of anilines is 1. The van der Waals surface area contributed by atoms with Crippen LogP contribution in [-0.4, -0.2) is 54.8 Å². The molecule has 2 aromatic rings. The molecule has 0 aliphatic carbocycles. The van der Waals surface area contributed by atoms with Crippen molar-refractivity contribution in [1.29, 1.82) is 0 Å². The van der Waals surface area contributed by atoms with Crippen LogP contribution in [0.15, 0.2) is 36.8 Å². The molecule has 3 rings (SSSR count). The Morgan fingerprint density at radius 2 is 1.88 bits per heavy atom. The number of hydrogen-bond donors (Lipinski definition) is 0. The third-order valence-electron chi connectivity index (χ3n) is 4.75. The van der Waals surface area contributed by atoms with Crippen molar-refractivity contribution in [3.8, 4) is 11.5 Å². The second kappa shape index (κ2) is 7.70. The summed E-state index contributed by atoms with van der Waals surface area (Å²) >= 11 is 0. The number of hydrogen-bond acceptors (Lipinski definition) is 6. The summed E-state index contributed by atoms with van der Waals surface area (Å²) in [5.41, 5.74) is 1.22. The number of ether oxygens (including phenoxy) is 2. The van der Waals surface area contributed by atoms with Crippen LogP contribution >= 0.6 is 0 Å². The summed E-state index contributed by atoms with van der Waals surface area (Å²) in [7, 11) is 3.34.